The van der Waals surface area contributed by atoms with Crippen LogP contribution in [0.5, 0.6) is 0 Å². The molecule has 4 nitrogen and oxygen atoms in total. The van der Waals surface area contributed by atoms with Gasteiger partial charge >= 0.3 is 5.97 Å². The Morgan fingerprint density at radius 1 is 1.42 bits per heavy atom. The number of furan rings is 1. The number of esters is 1. The summed E-state index contributed by atoms with van der Waals surface area (Å²) in [6.45, 7) is 1.90. The fourth-order valence-corrected chi connectivity index (χ4v) is 1.74. The summed E-state index contributed by atoms with van der Waals surface area (Å²) in [6.07, 6.45) is 1.58. The number of rotatable bonds is 4. The van der Waals surface area contributed by atoms with Gasteiger partial charge in [-0.05, 0) is 37.3 Å². The number of halogens is 1. The first kappa shape index (κ1) is 13.1. The van der Waals surface area contributed by atoms with E-state index in [2.05, 4.69) is 10.1 Å². The second-order valence-electron chi connectivity index (χ2n) is 4.07. The topological polar surface area (TPSA) is 51.5 Å². The first-order valence-electron chi connectivity index (χ1n) is 5.79. The van der Waals surface area contributed by atoms with Gasteiger partial charge < -0.3 is 14.5 Å². The molecule has 100 valence electrons. The Hall–Kier alpha value is -2.30. The third-order valence-electron chi connectivity index (χ3n) is 2.72. The first-order valence-corrected chi connectivity index (χ1v) is 5.79. The van der Waals surface area contributed by atoms with Gasteiger partial charge in [-0.2, -0.15) is 0 Å². The van der Waals surface area contributed by atoms with Gasteiger partial charge in [0.15, 0.2) is 0 Å². The van der Waals surface area contributed by atoms with Gasteiger partial charge in [0.1, 0.15) is 11.6 Å². The maximum atomic E-state index is 13.5. The van der Waals surface area contributed by atoms with Crippen LogP contribution in [-0.4, -0.2) is 13.1 Å². The van der Waals surface area contributed by atoms with Crippen LogP contribution in [0.3, 0.4) is 0 Å². The van der Waals surface area contributed by atoms with Crippen molar-refractivity contribution < 1.29 is 18.3 Å². The maximum absolute atomic E-state index is 13.5. The van der Waals surface area contributed by atoms with Crippen LogP contribution in [0.4, 0.5) is 10.1 Å². The largest absolute Gasteiger partial charge is 0.467 e. The van der Waals surface area contributed by atoms with Gasteiger partial charge in [-0.3, -0.25) is 0 Å². The number of hydrogen-bond acceptors (Lipinski definition) is 4. The molecular weight excluding hydrogens is 249 g/mol. The molecule has 19 heavy (non-hydrogen) atoms. The average Bonchev–Trinajstić information content (AvgIpc) is 2.94. The smallest absolute Gasteiger partial charge is 0.340 e. The molecule has 1 aromatic carbocycles. The summed E-state index contributed by atoms with van der Waals surface area (Å²) in [7, 11) is 1.22. The van der Waals surface area contributed by atoms with E-state index in [1.165, 1.54) is 19.2 Å². The summed E-state index contributed by atoms with van der Waals surface area (Å²) in [5.74, 6) is -0.557. The van der Waals surface area contributed by atoms with E-state index in [1.807, 2.05) is 13.0 Å². The molecule has 0 aliphatic rings. The SMILES string of the molecule is COC(=O)c1cc(NC(C)c2ccco2)ccc1F. The van der Waals surface area contributed by atoms with Gasteiger partial charge in [-0.25, -0.2) is 9.18 Å². The van der Waals surface area contributed by atoms with Crippen molar-refractivity contribution in [3.05, 3.63) is 53.7 Å². The monoisotopic (exact) mass is 263 g/mol. The molecule has 0 amide bonds. The highest BCUT2D eigenvalue weighted by Gasteiger charge is 2.14. The molecule has 1 aromatic heterocycles. The summed E-state index contributed by atoms with van der Waals surface area (Å²) >= 11 is 0. The minimum atomic E-state index is -0.702. The second-order valence-corrected chi connectivity index (χ2v) is 4.07. The van der Waals surface area contributed by atoms with E-state index in [0.717, 1.165) is 5.76 Å². The molecular formula is C14H14FNO3. The molecule has 0 saturated heterocycles. The van der Waals surface area contributed by atoms with Gasteiger partial charge in [-0.15, -0.1) is 0 Å². The number of carbonyl (C=O) groups excluding carboxylic acids is 1. The normalized spacial score (nSPS) is 11.9. The van der Waals surface area contributed by atoms with Crippen LogP contribution in [0.1, 0.15) is 29.1 Å². The molecule has 0 aliphatic heterocycles. The van der Waals surface area contributed by atoms with Crippen LogP contribution < -0.4 is 5.32 Å². The minimum Gasteiger partial charge on any atom is -0.467 e. The predicted molar refractivity (Wildman–Crippen MR) is 68.5 cm³/mol. The Balaban J connectivity index is 2.19. The van der Waals surface area contributed by atoms with Crippen LogP contribution in [0.15, 0.2) is 41.0 Å². The van der Waals surface area contributed by atoms with E-state index in [-0.39, 0.29) is 11.6 Å². The van der Waals surface area contributed by atoms with Crippen molar-refractivity contribution in [2.24, 2.45) is 0 Å². The summed E-state index contributed by atoms with van der Waals surface area (Å²) in [5.41, 5.74) is 0.518. The molecule has 2 rings (SSSR count). The standard InChI is InChI=1S/C14H14FNO3/c1-9(13-4-3-7-19-13)16-10-5-6-12(15)11(8-10)14(17)18-2/h3-9,16H,1-2H3. The lowest BCUT2D eigenvalue weighted by Gasteiger charge is -2.13. The first-order chi connectivity index (χ1) is 9.11. The van der Waals surface area contributed by atoms with E-state index in [0.29, 0.717) is 5.69 Å². The molecule has 1 heterocycles. The Kier molecular flexibility index (Phi) is 3.85. The van der Waals surface area contributed by atoms with Gasteiger partial charge in [0, 0.05) is 5.69 Å². The van der Waals surface area contributed by atoms with E-state index >= 15 is 0 Å². The zero-order valence-corrected chi connectivity index (χ0v) is 10.6. The Bertz CT molecular complexity index is 566. The molecule has 0 fully saturated rings. The van der Waals surface area contributed by atoms with Crippen LogP contribution in [0.2, 0.25) is 0 Å². The van der Waals surface area contributed by atoms with Crippen molar-refractivity contribution in [2.75, 3.05) is 12.4 Å². The molecule has 0 radical (unpaired) electrons. The molecule has 0 spiro atoms. The van der Waals surface area contributed by atoms with Crippen LogP contribution >= 0.6 is 0 Å². The highest BCUT2D eigenvalue weighted by molar-refractivity contribution is 5.90. The zero-order chi connectivity index (χ0) is 13.8. The number of anilines is 1. The van der Waals surface area contributed by atoms with Gasteiger partial charge in [0.2, 0.25) is 0 Å². The van der Waals surface area contributed by atoms with Crippen molar-refractivity contribution >= 4 is 11.7 Å². The zero-order valence-electron chi connectivity index (χ0n) is 10.6. The average molecular weight is 263 g/mol. The Labute approximate surface area is 110 Å². The minimum absolute atomic E-state index is 0.0917. The highest BCUT2D eigenvalue weighted by Crippen LogP contribution is 2.22. The number of nitrogens with one attached hydrogen (secondary N) is 1. The number of methoxy groups -OCH3 is 1. The summed E-state index contributed by atoms with van der Waals surface area (Å²) in [6, 6.07) is 7.73. The van der Waals surface area contributed by atoms with Crippen molar-refractivity contribution in [3.63, 3.8) is 0 Å². The van der Waals surface area contributed by atoms with Gasteiger partial charge in [-0.1, -0.05) is 0 Å². The van der Waals surface area contributed by atoms with E-state index in [4.69, 9.17) is 4.42 Å². The van der Waals surface area contributed by atoms with Crippen molar-refractivity contribution in [2.45, 2.75) is 13.0 Å². The van der Waals surface area contributed by atoms with E-state index in [1.54, 1.807) is 18.4 Å². The third-order valence-corrected chi connectivity index (χ3v) is 2.72. The highest BCUT2D eigenvalue weighted by atomic mass is 19.1. The maximum Gasteiger partial charge on any atom is 0.340 e. The molecule has 1 atom stereocenters. The second kappa shape index (κ2) is 5.56. The van der Waals surface area contributed by atoms with Crippen LogP contribution in [-0.2, 0) is 4.74 Å². The summed E-state index contributed by atoms with van der Waals surface area (Å²) < 4.78 is 23.3. The number of carbonyl (C=O) groups is 1. The fourth-order valence-electron chi connectivity index (χ4n) is 1.74. The summed E-state index contributed by atoms with van der Waals surface area (Å²) in [5, 5.41) is 3.12. The lowest BCUT2D eigenvalue weighted by atomic mass is 10.1. The van der Waals surface area contributed by atoms with Crippen molar-refractivity contribution in [1.29, 1.82) is 0 Å². The lowest BCUT2D eigenvalue weighted by Crippen LogP contribution is -2.09. The number of ether oxygens (including phenoxy) is 1. The van der Waals surface area contributed by atoms with E-state index in [9.17, 15) is 9.18 Å². The fraction of sp³-hybridized carbons (Fsp3) is 0.214. The molecule has 0 aliphatic carbocycles. The predicted octanol–water partition coefficient (Wildman–Crippen LogP) is 3.38. The molecule has 1 N–H and O–H groups in total. The Morgan fingerprint density at radius 3 is 2.84 bits per heavy atom. The van der Waals surface area contributed by atoms with E-state index < -0.39 is 11.8 Å². The lowest BCUT2D eigenvalue weighted by molar-refractivity contribution is 0.0595. The van der Waals surface area contributed by atoms with Gasteiger partial charge in [0.05, 0.1) is 25.0 Å². The number of benzene rings is 1. The molecule has 1 unspecified atom stereocenters. The Morgan fingerprint density at radius 2 is 2.21 bits per heavy atom. The molecule has 0 saturated carbocycles. The molecule has 2 aromatic rings. The third kappa shape index (κ3) is 2.93. The van der Waals surface area contributed by atoms with Crippen molar-refractivity contribution in [3.8, 4) is 0 Å². The summed E-state index contributed by atoms with van der Waals surface area (Å²) in [4.78, 5) is 11.4. The number of hydrogen-bond donors (Lipinski definition) is 1. The van der Waals surface area contributed by atoms with Gasteiger partial charge in [0.25, 0.3) is 0 Å². The quantitative estimate of drug-likeness (QED) is 0.859. The van der Waals surface area contributed by atoms with Crippen LogP contribution in [0.25, 0.3) is 0 Å². The van der Waals surface area contributed by atoms with Crippen LogP contribution in [0, 0.1) is 5.82 Å². The molecule has 5 heteroatoms. The van der Waals surface area contributed by atoms with Crippen molar-refractivity contribution in [1.82, 2.24) is 0 Å². The molecule has 0 bridgehead atoms.